The van der Waals surface area contributed by atoms with Gasteiger partial charge in [0.2, 0.25) is 5.91 Å². The molecule has 2 aromatic carbocycles. The van der Waals surface area contributed by atoms with Crippen LogP contribution in [0.15, 0.2) is 72.1 Å². The molecule has 4 rings (SSSR count). The lowest BCUT2D eigenvalue weighted by molar-refractivity contribution is -0.124. The first-order chi connectivity index (χ1) is 16.5. The van der Waals surface area contributed by atoms with E-state index in [0.717, 1.165) is 23.5 Å². The fourth-order valence-corrected chi connectivity index (χ4v) is 5.57. The lowest BCUT2D eigenvalue weighted by Gasteiger charge is -2.42. The van der Waals surface area contributed by atoms with Crippen LogP contribution in [-0.2, 0) is 11.3 Å². The number of hydrogen-bond donors (Lipinski definition) is 1. The molecule has 178 valence electrons. The van der Waals surface area contributed by atoms with Crippen LogP contribution in [0.5, 0.6) is 0 Å². The molecule has 0 saturated heterocycles. The lowest BCUT2D eigenvalue weighted by Crippen LogP contribution is -2.48. The maximum atomic E-state index is 13.7. The summed E-state index contributed by atoms with van der Waals surface area (Å²) in [5.41, 5.74) is 2.71. The predicted octanol–water partition coefficient (Wildman–Crippen LogP) is 4.93. The Kier molecular flexibility index (Phi) is 7.80. The molecule has 1 aromatic heterocycles. The normalized spacial score (nSPS) is 17.8. The van der Waals surface area contributed by atoms with Crippen LogP contribution in [0.2, 0.25) is 0 Å². The smallest absolute Gasteiger partial charge is 0.254 e. The van der Waals surface area contributed by atoms with Crippen LogP contribution < -0.4 is 5.32 Å². The van der Waals surface area contributed by atoms with Gasteiger partial charge in [0.1, 0.15) is 0 Å². The van der Waals surface area contributed by atoms with Crippen molar-refractivity contribution in [2.75, 3.05) is 26.7 Å². The molecule has 0 radical (unpaired) electrons. The van der Waals surface area contributed by atoms with E-state index < -0.39 is 5.92 Å². The summed E-state index contributed by atoms with van der Waals surface area (Å²) in [5.74, 6) is -0.160. The fraction of sp³-hybridized carbons (Fsp3) is 0.357. The predicted molar refractivity (Wildman–Crippen MR) is 138 cm³/mol. The van der Waals surface area contributed by atoms with Crippen molar-refractivity contribution < 1.29 is 9.59 Å². The van der Waals surface area contributed by atoms with Gasteiger partial charge in [-0.15, -0.1) is 11.3 Å². The van der Waals surface area contributed by atoms with Crippen molar-refractivity contribution in [2.45, 2.75) is 32.4 Å². The zero-order valence-corrected chi connectivity index (χ0v) is 20.9. The second kappa shape index (κ2) is 11.0. The van der Waals surface area contributed by atoms with E-state index in [1.54, 1.807) is 11.3 Å². The van der Waals surface area contributed by atoms with E-state index in [1.807, 2.05) is 64.9 Å². The number of thiophene rings is 1. The van der Waals surface area contributed by atoms with Crippen LogP contribution in [0.4, 0.5) is 0 Å². The highest BCUT2D eigenvalue weighted by Gasteiger charge is 2.44. The van der Waals surface area contributed by atoms with Gasteiger partial charge in [-0.25, -0.2) is 0 Å². The molecular formula is C28H33N3O2S. The molecule has 0 fully saturated rings. The number of carbonyl (C=O) groups excluding carboxylic acids is 2. The van der Waals surface area contributed by atoms with Crippen molar-refractivity contribution in [3.63, 3.8) is 0 Å². The average Bonchev–Trinajstić information content (AvgIpc) is 3.35. The molecule has 34 heavy (non-hydrogen) atoms. The fourth-order valence-electron chi connectivity index (χ4n) is 4.70. The molecule has 2 heterocycles. The van der Waals surface area contributed by atoms with Crippen molar-refractivity contribution in [2.24, 2.45) is 5.92 Å². The molecular weight excluding hydrogens is 442 g/mol. The number of carbonyl (C=O) groups is 2. The molecule has 0 spiro atoms. The van der Waals surface area contributed by atoms with Crippen molar-refractivity contribution in [3.8, 4) is 0 Å². The number of nitrogens with one attached hydrogen (secondary N) is 1. The molecule has 3 aromatic rings. The Hall–Kier alpha value is -2.96. The van der Waals surface area contributed by atoms with Crippen molar-refractivity contribution in [1.29, 1.82) is 0 Å². The summed E-state index contributed by atoms with van der Waals surface area (Å²) in [6.07, 6.45) is 0. The van der Waals surface area contributed by atoms with Crippen LogP contribution in [0.25, 0.3) is 0 Å². The molecule has 6 heteroatoms. The summed E-state index contributed by atoms with van der Waals surface area (Å²) in [6, 6.07) is 21.6. The molecule has 1 aliphatic rings. The minimum atomic E-state index is -0.439. The Morgan fingerprint density at radius 2 is 1.79 bits per heavy atom. The zero-order chi connectivity index (χ0) is 24.1. The van der Waals surface area contributed by atoms with Gasteiger partial charge >= 0.3 is 0 Å². The summed E-state index contributed by atoms with van der Waals surface area (Å²) in [5, 5.41) is 5.19. The molecule has 2 unspecified atom stereocenters. The second-order valence-electron chi connectivity index (χ2n) is 9.39. The Labute approximate surface area is 206 Å². The largest absolute Gasteiger partial charge is 0.354 e. The maximum absolute atomic E-state index is 13.7. The van der Waals surface area contributed by atoms with Crippen LogP contribution in [0, 0.1) is 5.92 Å². The standard InChI is InChI=1S/C28H33N3O2S/c1-20(2)18-31-26(24-14-9-17-34-24)25(22-12-7-8-13-23(22)28(31)33)27(32)29-15-16-30(3)19-21-10-5-4-6-11-21/h4-14,17,20,25-26H,15-16,18-19H2,1-3H3,(H,29,32). The van der Waals surface area contributed by atoms with Gasteiger partial charge in [0, 0.05) is 36.6 Å². The quantitative estimate of drug-likeness (QED) is 0.477. The molecule has 5 nitrogen and oxygen atoms in total. The Bertz CT molecular complexity index is 1100. The van der Waals surface area contributed by atoms with Crippen molar-refractivity contribution >= 4 is 23.2 Å². The first-order valence-corrected chi connectivity index (χ1v) is 12.8. The van der Waals surface area contributed by atoms with Crippen LogP contribution in [0.3, 0.4) is 0 Å². The van der Waals surface area contributed by atoms with E-state index in [9.17, 15) is 9.59 Å². The van der Waals surface area contributed by atoms with Crippen molar-refractivity contribution in [3.05, 3.63) is 93.7 Å². The first kappa shape index (κ1) is 24.2. The number of likely N-dealkylation sites (N-methyl/N-ethyl adjacent to an activating group) is 1. The summed E-state index contributed by atoms with van der Waals surface area (Å²) >= 11 is 1.61. The summed E-state index contributed by atoms with van der Waals surface area (Å²) in [4.78, 5) is 32.3. The van der Waals surface area contributed by atoms with E-state index in [-0.39, 0.29) is 17.9 Å². The highest BCUT2D eigenvalue weighted by molar-refractivity contribution is 7.10. The van der Waals surface area contributed by atoms with E-state index >= 15 is 0 Å². The van der Waals surface area contributed by atoms with Gasteiger partial charge in [-0.1, -0.05) is 68.4 Å². The zero-order valence-electron chi connectivity index (χ0n) is 20.1. The summed E-state index contributed by atoms with van der Waals surface area (Å²) < 4.78 is 0. The van der Waals surface area contributed by atoms with Crippen LogP contribution in [-0.4, -0.2) is 48.3 Å². The number of benzene rings is 2. The third-order valence-electron chi connectivity index (χ3n) is 6.21. The van der Waals surface area contributed by atoms with E-state index in [0.29, 0.717) is 24.6 Å². The summed E-state index contributed by atoms with van der Waals surface area (Å²) in [7, 11) is 2.06. The third-order valence-corrected chi connectivity index (χ3v) is 7.15. The van der Waals surface area contributed by atoms with Gasteiger partial charge in [-0.3, -0.25) is 9.59 Å². The number of fused-ring (bicyclic) bond motifs is 1. The lowest BCUT2D eigenvalue weighted by atomic mass is 9.81. The van der Waals surface area contributed by atoms with Crippen LogP contribution in [0.1, 0.15) is 52.2 Å². The number of nitrogens with zero attached hydrogens (tertiary/aromatic N) is 2. The third kappa shape index (κ3) is 5.40. The van der Waals surface area contributed by atoms with Crippen LogP contribution >= 0.6 is 11.3 Å². The topological polar surface area (TPSA) is 52.7 Å². The van der Waals surface area contributed by atoms with Gasteiger partial charge < -0.3 is 15.1 Å². The number of hydrogen-bond acceptors (Lipinski definition) is 4. The Morgan fingerprint density at radius 1 is 1.06 bits per heavy atom. The van der Waals surface area contributed by atoms with Gasteiger partial charge in [0.15, 0.2) is 0 Å². The molecule has 0 bridgehead atoms. The highest BCUT2D eigenvalue weighted by atomic mass is 32.1. The molecule has 2 amide bonds. The van der Waals surface area contributed by atoms with Gasteiger partial charge in [-0.2, -0.15) is 0 Å². The van der Waals surface area contributed by atoms with Gasteiger partial charge in [0.05, 0.1) is 12.0 Å². The first-order valence-electron chi connectivity index (χ1n) is 11.9. The Balaban J connectivity index is 1.55. The Morgan fingerprint density at radius 3 is 2.50 bits per heavy atom. The van der Waals surface area contributed by atoms with E-state index in [2.05, 4.69) is 43.2 Å². The molecule has 1 N–H and O–H groups in total. The van der Waals surface area contributed by atoms with E-state index in [4.69, 9.17) is 0 Å². The minimum absolute atomic E-state index is 0.00865. The van der Waals surface area contributed by atoms with Gasteiger partial charge in [0.25, 0.3) is 5.91 Å². The highest BCUT2D eigenvalue weighted by Crippen LogP contribution is 2.44. The van der Waals surface area contributed by atoms with E-state index in [1.165, 1.54) is 5.56 Å². The molecule has 0 aliphatic carbocycles. The number of rotatable bonds is 9. The monoisotopic (exact) mass is 475 g/mol. The van der Waals surface area contributed by atoms with Crippen molar-refractivity contribution in [1.82, 2.24) is 15.1 Å². The summed E-state index contributed by atoms with van der Waals surface area (Å²) in [6.45, 7) is 6.95. The SMILES string of the molecule is CC(C)CN1C(=O)c2ccccc2C(C(=O)NCCN(C)Cc2ccccc2)C1c1cccs1. The second-order valence-corrected chi connectivity index (χ2v) is 10.4. The van der Waals surface area contributed by atoms with Gasteiger partial charge in [-0.05, 0) is 41.6 Å². The maximum Gasteiger partial charge on any atom is 0.254 e. The minimum Gasteiger partial charge on any atom is -0.354 e. The molecule has 2 atom stereocenters. The molecule has 1 aliphatic heterocycles. The molecule has 0 saturated carbocycles. The average molecular weight is 476 g/mol. The number of amides is 2.